The van der Waals surface area contributed by atoms with Gasteiger partial charge in [-0.05, 0) is 54.8 Å². The van der Waals surface area contributed by atoms with Gasteiger partial charge < -0.3 is 0 Å². The normalized spacial score (nSPS) is 12.5. The first-order valence-corrected chi connectivity index (χ1v) is 8.37. The number of aryl methyl sites for hydroxylation is 2. The van der Waals surface area contributed by atoms with E-state index >= 15 is 0 Å². The van der Waals surface area contributed by atoms with Crippen molar-refractivity contribution in [1.82, 2.24) is 9.55 Å². The van der Waals surface area contributed by atoms with Gasteiger partial charge in [0.05, 0.1) is 16.6 Å². The molecule has 4 aromatic rings. The molecular weight excluding hydrogens is 308 g/mol. The Bertz CT molecular complexity index is 1170. The molecule has 0 unspecified atom stereocenters. The smallest absolute Gasteiger partial charge is 0.264 e. The van der Waals surface area contributed by atoms with Gasteiger partial charge in [0.1, 0.15) is 5.82 Å². The van der Waals surface area contributed by atoms with Gasteiger partial charge in [-0.25, -0.2) is 4.98 Å². The third-order valence-corrected chi connectivity index (χ3v) is 4.89. The molecule has 0 atom stereocenters. The number of aromatic nitrogens is 2. The summed E-state index contributed by atoms with van der Waals surface area (Å²) in [6.07, 6.45) is 0. The van der Waals surface area contributed by atoms with Crippen molar-refractivity contribution < 1.29 is 4.79 Å². The second kappa shape index (κ2) is 4.90. The fourth-order valence-corrected chi connectivity index (χ4v) is 3.53. The Hall–Kier alpha value is -3.20. The van der Waals surface area contributed by atoms with Crippen LogP contribution in [0.1, 0.15) is 21.5 Å². The lowest BCUT2D eigenvalue weighted by Crippen LogP contribution is -2.05. The molecule has 0 spiro atoms. The molecule has 3 nitrogen and oxygen atoms in total. The molecule has 25 heavy (non-hydrogen) atoms. The van der Waals surface area contributed by atoms with Crippen molar-refractivity contribution in [2.45, 2.75) is 13.8 Å². The molecule has 120 valence electrons. The molecule has 0 radical (unpaired) electrons. The maximum Gasteiger partial charge on any atom is 0.264 e. The number of carbonyl (C=O) groups excluding carboxylic acids is 1. The second-order valence-corrected chi connectivity index (χ2v) is 6.69. The zero-order valence-corrected chi connectivity index (χ0v) is 14.1. The summed E-state index contributed by atoms with van der Waals surface area (Å²) in [7, 11) is 0. The van der Waals surface area contributed by atoms with Crippen LogP contribution in [0.3, 0.4) is 0 Å². The van der Waals surface area contributed by atoms with Crippen LogP contribution in [0.2, 0.25) is 0 Å². The molecule has 0 bridgehead atoms. The summed E-state index contributed by atoms with van der Waals surface area (Å²) in [5, 5.41) is 0. The zero-order chi connectivity index (χ0) is 17.1. The van der Waals surface area contributed by atoms with Crippen LogP contribution < -0.4 is 0 Å². The van der Waals surface area contributed by atoms with Crippen LogP contribution in [0.25, 0.3) is 33.5 Å². The van der Waals surface area contributed by atoms with E-state index in [0.717, 1.165) is 44.7 Å². The van der Waals surface area contributed by atoms with E-state index in [1.165, 1.54) is 5.56 Å². The Morgan fingerprint density at radius 3 is 2.28 bits per heavy atom. The SMILES string of the molecule is Cc1ccc(-c2ccc3c(c2)C(=O)n2c-3nc3ccc(C)cc32)cc1. The fraction of sp³-hybridized carbons (Fsp3) is 0.0909. The van der Waals surface area contributed by atoms with Crippen LogP contribution in [-0.2, 0) is 0 Å². The second-order valence-electron chi connectivity index (χ2n) is 6.69. The molecule has 3 aromatic carbocycles. The van der Waals surface area contributed by atoms with E-state index in [1.807, 2.05) is 37.3 Å². The van der Waals surface area contributed by atoms with Gasteiger partial charge in [0, 0.05) is 5.56 Å². The Morgan fingerprint density at radius 1 is 0.760 bits per heavy atom. The monoisotopic (exact) mass is 324 g/mol. The molecule has 2 heterocycles. The first kappa shape index (κ1) is 14.2. The summed E-state index contributed by atoms with van der Waals surface area (Å²) in [4.78, 5) is 17.7. The fourth-order valence-electron chi connectivity index (χ4n) is 3.53. The van der Waals surface area contributed by atoms with Gasteiger partial charge in [-0.3, -0.25) is 9.36 Å². The lowest BCUT2D eigenvalue weighted by molar-refractivity contribution is 0.0973. The van der Waals surface area contributed by atoms with Crippen LogP contribution in [0.15, 0.2) is 60.7 Å². The molecule has 0 saturated carbocycles. The molecule has 1 aromatic heterocycles. The molecule has 0 N–H and O–H groups in total. The average Bonchev–Trinajstić information content (AvgIpc) is 3.11. The van der Waals surface area contributed by atoms with E-state index in [4.69, 9.17) is 0 Å². The minimum absolute atomic E-state index is 0.00654. The van der Waals surface area contributed by atoms with Crippen LogP contribution in [-0.4, -0.2) is 15.5 Å². The van der Waals surface area contributed by atoms with Crippen molar-refractivity contribution in [2.75, 3.05) is 0 Å². The van der Waals surface area contributed by atoms with Gasteiger partial charge >= 0.3 is 0 Å². The largest absolute Gasteiger partial charge is 0.268 e. The van der Waals surface area contributed by atoms with Crippen LogP contribution in [0.4, 0.5) is 0 Å². The minimum Gasteiger partial charge on any atom is -0.268 e. The van der Waals surface area contributed by atoms with E-state index < -0.39 is 0 Å². The molecule has 0 aliphatic carbocycles. The quantitative estimate of drug-likeness (QED) is 0.435. The number of nitrogens with zero attached hydrogens (tertiary/aromatic N) is 2. The summed E-state index contributed by atoms with van der Waals surface area (Å²) in [6, 6.07) is 20.5. The van der Waals surface area contributed by atoms with Gasteiger partial charge in [-0.1, -0.05) is 42.0 Å². The molecule has 5 rings (SSSR count). The average molecular weight is 324 g/mol. The lowest BCUT2D eigenvalue weighted by Gasteiger charge is -2.05. The maximum absolute atomic E-state index is 13.0. The van der Waals surface area contributed by atoms with Crippen molar-refractivity contribution in [2.24, 2.45) is 0 Å². The number of rotatable bonds is 1. The molecule has 0 saturated heterocycles. The summed E-state index contributed by atoms with van der Waals surface area (Å²) in [6.45, 7) is 4.10. The number of hydrogen-bond acceptors (Lipinski definition) is 2. The summed E-state index contributed by atoms with van der Waals surface area (Å²) < 4.78 is 1.74. The highest BCUT2D eigenvalue weighted by atomic mass is 16.2. The van der Waals surface area contributed by atoms with Gasteiger partial charge in [0.15, 0.2) is 0 Å². The third-order valence-electron chi connectivity index (χ3n) is 4.89. The molecule has 3 heteroatoms. The highest BCUT2D eigenvalue weighted by molar-refractivity contribution is 6.13. The number of benzene rings is 3. The van der Waals surface area contributed by atoms with Gasteiger partial charge in [-0.15, -0.1) is 0 Å². The van der Waals surface area contributed by atoms with E-state index in [9.17, 15) is 4.79 Å². The predicted molar refractivity (Wildman–Crippen MR) is 99.8 cm³/mol. The number of imidazole rings is 1. The first-order chi connectivity index (χ1) is 12.1. The van der Waals surface area contributed by atoms with E-state index in [2.05, 4.69) is 42.2 Å². The number of fused-ring (bicyclic) bond motifs is 5. The topological polar surface area (TPSA) is 34.9 Å². The summed E-state index contributed by atoms with van der Waals surface area (Å²) in [5.74, 6) is 0.753. The Labute approximate surface area is 145 Å². The van der Waals surface area contributed by atoms with Crippen LogP contribution in [0.5, 0.6) is 0 Å². The minimum atomic E-state index is 0.00654. The highest BCUT2D eigenvalue weighted by Gasteiger charge is 2.30. The van der Waals surface area contributed by atoms with Crippen molar-refractivity contribution >= 4 is 16.9 Å². The third kappa shape index (κ3) is 1.99. The summed E-state index contributed by atoms with van der Waals surface area (Å²) in [5.41, 5.74) is 7.90. The van der Waals surface area contributed by atoms with Crippen LogP contribution >= 0.6 is 0 Å². The van der Waals surface area contributed by atoms with Crippen molar-refractivity contribution in [3.8, 4) is 22.5 Å². The molecule has 0 amide bonds. The van der Waals surface area contributed by atoms with E-state index in [0.29, 0.717) is 0 Å². The Balaban J connectivity index is 1.70. The van der Waals surface area contributed by atoms with Crippen molar-refractivity contribution in [3.63, 3.8) is 0 Å². The Kier molecular flexibility index (Phi) is 2.78. The zero-order valence-electron chi connectivity index (χ0n) is 14.1. The standard InChI is InChI=1S/C22H16N2O/c1-13-3-6-15(7-4-13)16-8-9-17-18(12-16)22(25)24-20-11-14(2)5-10-19(20)23-21(17)24/h3-12H,1-2H3. The molecule has 1 aliphatic heterocycles. The van der Waals surface area contributed by atoms with Crippen LogP contribution in [0, 0.1) is 13.8 Å². The highest BCUT2D eigenvalue weighted by Crippen LogP contribution is 2.37. The van der Waals surface area contributed by atoms with E-state index in [-0.39, 0.29) is 5.91 Å². The molecule has 1 aliphatic rings. The van der Waals surface area contributed by atoms with Gasteiger partial charge in [0.25, 0.3) is 5.91 Å². The van der Waals surface area contributed by atoms with Gasteiger partial charge in [-0.2, -0.15) is 0 Å². The Morgan fingerprint density at radius 2 is 1.48 bits per heavy atom. The van der Waals surface area contributed by atoms with Crippen molar-refractivity contribution in [3.05, 3.63) is 77.4 Å². The number of hydrogen-bond donors (Lipinski definition) is 0. The van der Waals surface area contributed by atoms with Gasteiger partial charge in [0.2, 0.25) is 0 Å². The first-order valence-electron chi connectivity index (χ1n) is 8.37. The summed E-state index contributed by atoms with van der Waals surface area (Å²) >= 11 is 0. The van der Waals surface area contributed by atoms with Crippen molar-refractivity contribution in [1.29, 1.82) is 0 Å². The predicted octanol–water partition coefficient (Wildman–Crippen LogP) is 4.99. The number of carbonyl (C=O) groups is 1. The maximum atomic E-state index is 13.0. The molecular formula is C22H16N2O. The lowest BCUT2D eigenvalue weighted by atomic mass is 9.99. The molecule has 0 fully saturated rings. The van der Waals surface area contributed by atoms with E-state index in [1.54, 1.807) is 4.57 Å².